The van der Waals surface area contributed by atoms with Crippen LogP contribution < -0.4 is 0 Å². The second-order valence-electron chi connectivity index (χ2n) is 4.20. The van der Waals surface area contributed by atoms with Crippen LogP contribution in [0, 0.1) is 0 Å². The van der Waals surface area contributed by atoms with Crippen molar-refractivity contribution < 1.29 is 0 Å². The summed E-state index contributed by atoms with van der Waals surface area (Å²) in [5.41, 5.74) is 2.78. The molecule has 0 aliphatic rings. The normalized spacial score (nSPS) is 10.4. The van der Waals surface area contributed by atoms with Crippen molar-refractivity contribution in [3.05, 3.63) is 67.1 Å². The lowest BCUT2D eigenvalue weighted by molar-refractivity contribution is 0.730. The van der Waals surface area contributed by atoms with Gasteiger partial charge in [-0.1, -0.05) is 41.6 Å². The molecule has 0 radical (unpaired) electrons. The van der Waals surface area contributed by atoms with Crippen molar-refractivity contribution >= 4 is 0 Å². The molecular weight excluding hydrogens is 250 g/mol. The van der Waals surface area contributed by atoms with E-state index in [9.17, 15) is 0 Å². The molecule has 0 bridgehead atoms. The van der Waals surface area contributed by atoms with E-state index in [1.54, 1.807) is 23.1 Å². The zero-order chi connectivity index (χ0) is 13.8. The van der Waals surface area contributed by atoms with Gasteiger partial charge in [-0.05, 0) is 6.07 Å². The van der Waals surface area contributed by atoms with Crippen LogP contribution in [-0.4, -0.2) is 25.0 Å². The van der Waals surface area contributed by atoms with E-state index in [-0.39, 0.29) is 0 Å². The lowest BCUT2D eigenvalue weighted by Crippen LogP contribution is -2.06. The van der Waals surface area contributed by atoms with Crippen LogP contribution in [0.5, 0.6) is 0 Å². The van der Waals surface area contributed by atoms with Crippen molar-refractivity contribution in [3.8, 4) is 17.2 Å². The summed E-state index contributed by atoms with van der Waals surface area (Å²) in [6, 6.07) is 11.7. The van der Waals surface area contributed by atoms with Gasteiger partial charge in [0, 0.05) is 24.4 Å². The van der Waals surface area contributed by atoms with Crippen molar-refractivity contribution in [2.45, 2.75) is 6.42 Å². The van der Waals surface area contributed by atoms with Gasteiger partial charge in [0.15, 0.2) is 0 Å². The minimum atomic E-state index is 0.513. The molecular formula is C15H13N5. The fraction of sp³-hybridized carbons (Fsp3) is 0.0667. The van der Waals surface area contributed by atoms with Gasteiger partial charge >= 0.3 is 0 Å². The molecule has 0 fully saturated rings. The first-order valence-electron chi connectivity index (χ1n) is 6.28. The van der Waals surface area contributed by atoms with Gasteiger partial charge in [0.2, 0.25) is 0 Å². The van der Waals surface area contributed by atoms with Crippen molar-refractivity contribution in [2.24, 2.45) is 0 Å². The van der Waals surface area contributed by atoms with Gasteiger partial charge in [0.1, 0.15) is 5.69 Å². The summed E-state index contributed by atoms with van der Waals surface area (Å²) in [5, 5.41) is 8.44. The summed E-state index contributed by atoms with van der Waals surface area (Å²) >= 11 is 0. The Morgan fingerprint density at radius 2 is 1.80 bits per heavy atom. The van der Waals surface area contributed by atoms with Crippen LogP contribution in [0.25, 0.3) is 17.2 Å². The van der Waals surface area contributed by atoms with E-state index >= 15 is 0 Å². The Bertz CT molecular complexity index is 647. The lowest BCUT2D eigenvalue weighted by Gasteiger charge is -2.04. The molecule has 0 saturated heterocycles. The summed E-state index contributed by atoms with van der Waals surface area (Å²) in [5.74, 6) is 0.513. The number of hydrogen-bond acceptors (Lipinski definition) is 4. The van der Waals surface area contributed by atoms with E-state index in [2.05, 4.69) is 26.9 Å². The molecule has 0 saturated carbocycles. The first-order valence-corrected chi connectivity index (χ1v) is 6.28. The largest absolute Gasteiger partial charge is 0.252 e. The molecule has 0 aliphatic heterocycles. The van der Waals surface area contributed by atoms with Gasteiger partial charge in [-0.3, -0.25) is 0 Å². The molecule has 2 aromatic heterocycles. The minimum Gasteiger partial charge on any atom is -0.220 e. The van der Waals surface area contributed by atoms with Crippen molar-refractivity contribution in [1.82, 2.24) is 25.0 Å². The Morgan fingerprint density at radius 3 is 2.50 bits per heavy atom. The average Bonchev–Trinajstić information content (AvgIpc) is 2.93. The second kappa shape index (κ2) is 5.44. The Hall–Kier alpha value is -2.82. The first-order chi connectivity index (χ1) is 9.90. The highest BCUT2D eigenvalue weighted by Gasteiger charge is 2.15. The van der Waals surface area contributed by atoms with Gasteiger partial charge in [0.05, 0.1) is 5.69 Å². The number of nitrogens with zero attached hydrogens (tertiary/aromatic N) is 5. The molecule has 2 heterocycles. The third-order valence-corrected chi connectivity index (χ3v) is 2.89. The van der Waals surface area contributed by atoms with Gasteiger partial charge in [-0.15, -0.1) is 11.7 Å². The number of allylic oxidation sites excluding steroid dienone is 1. The Kier molecular flexibility index (Phi) is 3.33. The van der Waals surface area contributed by atoms with E-state index in [0.717, 1.165) is 17.0 Å². The lowest BCUT2D eigenvalue weighted by atomic mass is 10.1. The summed E-state index contributed by atoms with van der Waals surface area (Å²) < 4.78 is 1.66. The Balaban J connectivity index is 2.14. The summed E-state index contributed by atoms with van der Waals surface area (Å²) in [6.45, 7) is 3.80. The molecule has 98 valence electrons. The molecule has 20 heavy (non-hydrogen) atoms. The molecule has 3 aromatic rings. The van der Waals surface area contributed by atoms with Crippen LogP contribution >= 0.6 is 0 Å². The first kappa shape index (κ1) is 12.2. The monoisotopic (exact) mass is 263 g/mol. The van der Waals surface area contributed by atoms with Crippen molar-refractivity contribution in [3.63, 3.8) is 0 Å². The fourth-order valence-corrected chi connectivity index (χ4v) is 2.00. The topological polar surface area (TPSA) is 56.5 Å². The van der Waals surface area contributed by atoms with Gasteiger partial charge in [-0.2, -0.15) is 4.68 Å². The number of benzene rings is 1. The number of rotatable bonds is 4. The number of hydrogen-bond donors (Lipinski definition) is 0. The van der Waals surface area contributed by atoms with E-state index < -0.39 is 0 Å². The third kappa shape index (κ3) is 2.21. The van der Waals surface area contributed by atoms with Crippen LogP contribution in [-0.2, 0) is 6.42 Å². The second-order valence-corrected chi connectivity index (χ2v) is 4.20. The van der Waals surface area contributed by atoms with Gasteiger partial charge in [0.25, 0.3) is 5.95 Å². The highest BCUT2D eigenvalue weighted by molar-refractivity contribution is 5.62. The van der Waals surface area contributed by atoms with E-state index in [4.69, 9.17) is 0 Å². The third-order valence-electron chi connectivity index (χ3n) is 2.89. The Labute approximate surface area is 116 Å². The summed E-state index contributed by atoms with van der Waals surface area (Å²) in [4.78, 5) is 8.43. The van der Waals surface area contributed by atoms with Crippen molar-refractivity contribution in [1.29, 1.82) is 0 Å². The summed E-state index contributed by atoms with van der Waals surface area (Å²) in [7, 11) is 0. The average molecular weight is 263 g/mol. The smallest absolute Gasteiger partial charge is 0.220 e. The van der Waals surface area contributed by atoms with Crippen LogP contribution in [0.1, 0.15) is 5.69 Å². The maximum Gasteiger partial charge on any atom is 0.252 e. The van der Waals surface area contributed by atoms with Gasteiger partial charge in [-0.25, -0.2) is 9.97 Å². The standard InChI is InChI=1S/C15H13N5/c1-2-7-13-14(12-8-4-3-5-9-12)18-19-20(13)15-16-10-6-11-17-15/h2-6,8-11H,1,7H2. The zero-order valence-corrected chi connectivity index (χ0v) is 10.8. The summed E-state index contributed by atoms with van der Waals surface area (Å²) in [6.07, 6.45) is 5.84. The van der Waals surface area contributed by atoms with E-state index in [1.165, 1.54) is 0 Å². The minimum absolute atomic E-state index is 0.513. The predicted octanol–water partition coefficient (Wildman–Crippen LogP) is 2.45. The van der Waals surface area contributed by atoms with Crippen LogP contribution in [0.3, 0.4) is 0 Å². The highest BCUT2D eigenvalue weighted by Crippen LogP contribution is 2.22. The molecule has 1 aromatic carbocycles. The molecule has 0 atom stereocenters. The molecule has 5 nitrogen and oxygen atoms in total. The molecule has 5 heteroatoms. The van der Waals surface area contributed by atoms with E-state index in [1.807, 2.05) is 36.4 Å². The molecule has 0 unspecified atom stereocenters. The fourth-order valence-electron chi connectivity index (χ4n) is 2.00. The van der Waals surface area contributed by atoms with Crippen molar-refractivity contribution in [2.75, 3.05) is 0 Å². The Morgan fingerprint density at radius 1 is 1.05 bits per heavy atom. The van der Waals surface area contributed by atoms with Crippen LogP contribution in [0.15, 0.2) is 61.4 Å². The molecule has 3 rings (SSSR count). The van der Waals surface area contributed by atoms with Gasteiger partial charge < -0.3 is 0 Å². The quantitative estimate of drug-likeness (QED) is 0.678. The molecule has 0 amide bonds. The van der Waals surface area contributed by atoms with E-state index in [0.29, 0.717) is 12.4 Å². The van der Waals surface area contributed by atoms with Crippen LogP contribution in [0.2, 0.25) is 0 Å². The molecule has 0 spiro atoms. The molecule has 0 aliphatic carbocycles. The SMILES string of the molecule is C=CCc1c(-c2ccccc2)nnn1-c1ncccn1. The zero-order valence-electron chi connectivity index (χ0n) is 10.8. The predicted molar refractivity (Wildman–Crippen MR) is 76.3 cm³/mol. The molecule has 0 N–H and O–H groups in total. The highest BCUT2D eigenvalue weighted by atomic mass is 15.5. The number of aromatic nitrogens is 5. The van der Waals surface area contributed by atoms with Crippen LogP contribution in [0.4, 0.5) is 0 Å². The maximum absolute atomic E-state index is 4.27. The maximum atomic E-state index is 4.27.